The van der Waals surface area contributed by atoms with E-state index in [1.165, 1.54) is 0 Å². The number of rotatable bonds is 5. The van der Waals surface area contributed by atoms with Crippen molar-refractivity contribution in [2.75, 3.05) is 18.6 Å². The van der Waals surface area contributed by atoms with Gasteiger partial charge in [0.15, 0.2) is 0 Å². The quantitative estimate of drug-likeness (QED) is 0.761. The lowest BCUT2D eigenvalue weighted by Crippen LogP contribution is -2.27. The van der Waals surface area contributed by atoms with Gasteiger partial charge in [0.05, 0.1) is 0 Å². The van der Waals surface area contributed by atoms with Crippen LogP contribution < -0.4 is 11.1 Å². The molecule has 0 fully saturated rings. The number of amides is 1. The van der Waals surface area contributed by atoms with Gasteiger partial charge in [-0.25, -0.2) is 0 Å². The van der Waals surface area contributed by atoms with E-state index in [0.29, 0.717) is 23.4 Å². The van der Waals surface area contributed by atoms with E-state index in [2.05, 4.69) is 5.32 Å². The zero-order valence-corrected chi connectivity index (χ0v) is 11.1. The predicted octanol–water partition coefficient (Wildman–Crippen LogP) is 0.429. The lowest BCUT2D eigenvalue weighted by Gasteiger charge is -2.05. The summed E-state index contributed by atoms with van der Waals surface area (Å²) in [6, 6.07) is 6.79. The highest BCUT2D eigenvalue weighted by Crippen LogP contribution is 2.05. The Balaban J connectivity index is 2.65. The predicted molar refractivity (Wildman–Crippen MR) is 73.6 cm³/mol. The van der Waals surface area contributed by atoms with Gasteiger partial charge in [0, 0.05) is 40.5 Å². The highest BCUT2D eigenvalue weighted by atomic mass is 32.2. The van der Waals surface area contributed by atoms with Crippen LogP contribution >= 0.6 is 12.2 Å². The van der Waals surface area contributed by atoms with E-state index in [1.807, 2.05) is 0 Å². The van der Waals surface area contributed by atoms with Gasteiger partial charge in [-0.3, -0.25) is 9.00 Å². The molecular formula is C11H14N2O2S2. The van der Waals surface area contributed by atoms with Crippen LogP contribution in [0.2, 0.25) is 0 Å². The third kappa shape index (κ3) is 4.62. The summed E-state index contributed by atoms with van der Waals surface area (Å²) < 4.78 is 10.8. The van der Waals surface area contributed by atoms with Crippen LogP contribution in [0.1, 0.15) is 15.9 Å². The second-order valence-electron chi connectivity index (χ2n) is 3.48. The molecule has 0 spiro atoms. The number of nitrogens with one attached hydrogen (secondary N) is 1. The smallest absolute Gasteiger partial charge is 0.251 e. The van der Waals surface area contributed by atoms with E-state index in [1.54, 1.807) is 30.5 Å². The first-order chi connectivity index (χ1) is 8.00. The molecule has 1 rings (SSSR count). The monoisotopic (exact) mass is 270 g/mol. The van der Waals surface area contributed by atoms with Crippen molar-refractivity contribution in [3.8, 4) is 0 Å². The Kier molecular flexibility index (Phi) is 5.24. The Morgan fingerprint density at radius 3 is 2.71 bits per heavy atom. The minimum Gasteiger partial charge on any atom is -0.389 e. The first kappa shape index (κ1) is 13.8. The van der Waals surface area contributed by atoms with Crippen LogP contribution in [0.4, 0.5) is 0 Å². The molecule has 3 N–H and O–H groups in total. The summed E-state index contributed by atoms with van der Waals surface area (Å²) >= 11 is 4.84. The van der Waals surface area contributed by atoms with E-state index >= 15 is 0 Å². The van der Waals surface area contributed by atoms with Crippen molar-refractivity contribution in [3.63, 3.8) is 0 Å². The SMILES string of the molecule is CS(=O)CCNC(=O)c1cccc(C(N)=S)c1. The van der Waals surface area contributed by atoms with E-state index < -0.39 is 10.8 Å². The van der Waals surface area contributed by atoms with E-state index in [0.717, 1.165) is 0 Å². The molecule has 0 aliphatic rings. The van der Waals surface area contributed by atoms with Crippen LogP contribution in [-0.2, 0) is 10.8 Å². The topological polar surface area (TPSA) is 72.2 Å². The third-order valence-electron chi connectivity index (χ3n) is 2.08. The minimum absolute atomic E-state index is 0.214. The fourth-order valence-electron chi connectivity index (χ4n) is 1.22. The second-order valence-corrected chi connectivity index (χ2v) is 5.47. The molecule has 0 heterocycles. The van der Waals surface area contributed by atoms with Crippen molar-refractivity contribution in [1.29, 1.82) is 0 Å². The maximum Gasteiger partial charge on any atom is 0.251 e. The molecule has 1 amide bonds. The molecule has 0 aliphatic carbocycles. The normalized spacial score (nSPS) is 11.8. The maximum absolute atomic E-state index is 11.7. The van der Waals surface area contributed by atoms with Gasteiger partial charge >= 0.3 is 0 Å². The van der Waals surface area contributed by atoms with Crippen molar-refractivity contribution in [2.45, 2.75) is 0 Å². The fourth-order valence-corrected chi connectivity index (χ4v) is 1.74. The molecule has 1 aromatic rings. The Morgan fingerprint density at radius 1 is 1.47 bits per heavy atom. The van der Waals surface area contributed by atoms with Gasteiger partial charge in [0.1, 0.15) is 4.99 Å². The van der Waals surface area contributed by atoms with Crippen LogP contribution in [0.3, 0.4) is 0 Å². The first-order valence-corrected chi connectivity index (χ1v) is 7.12. The first-order valence-electron chi connectivity index (χ1n) is 4.99. The standard InChI is InChI=1S/C11H14N2O2S2/c1-17(15)6-5-13-11(14)9-4-2-3-8(7-9)10(12)16/h2-4,7H,5-6H2,1H3,(H2,12,16)(H,13,14). The number of thiocarbonyl (C=S) groups is 1. The average Bonchev–Trinajstić information content (AvgIpc) is 2.28. The highest BCUT2D eigenvalue weighted by molar-refractivity contribution is 7.84. The summed E-state index contributed by atoms with van der Waals surface area (Å²) in [5.74, 6) is 0.231. The van der Waals surface area contributed by atoms with Crippen LogP contribution in [0.15, 0.2) is 24.3 Å². The highest BCUT2D eigenvalue weighted by Gasteiger charge is 2.06. The van der Waals surface area contributed by atoms with Crippen LogP contribution in [-0.4, -0.2) is 33.7 Å². The number of carbonyl (C=O) groups is 1. The summed E-state index contributed by atoms with van der Waals surface area (Å²) in [4.78, 5) is 12.0. The lowest BCUT2D eigenvalue weighted by atomic mass is 10.1. The van der Waals surface area contributed by atoms with Gasteiger partial charge in [0.25, 0.3) is 5.91 Å². The molecule has 0 radical (unpaired) electrons. The van der Waals surface area contributed by atoms with Gasteiger partial charge in [-0.2, -0.15) is 0 Å². The number of hydrogen-bond donors (Lipinski definition) is 2. The summed E-state index contributed by atoms with van der Waals surface area (Å²) in [6.07, 6.45) is 1.60. The lowest BCUT2D eigenvalue weighted by molar-refractivity contribution is 0.0956. The molecule has 1 aromatic carbocycles. The molecule has 0 saturated heterocycles. The van der Waals surface area contributed by atoms with Gasteiger partial charge in [0.2, 0.25) is 0 Å². The van der Waals surface area contributed by atoms with Crippen molar-refractivity contribution in [2.24, 2.45) is 5.73 Å². The van der Waals surface area contributed by atoms with Crippen LogP contribution in [0.5, 0.6) is 0 Å². The minimum atomic E-state index is -0.906. The molecule has 0 aliphatic heterocycles. The van der Waals surface area contributed by atoms with Gasteiger partial charge in [-0.15, -0.1) is 0 Å². The molecule has 0 bridgehead atoms. The van der Waals surface area contributed by atoms with Gasteiger partial charge < -0.3 is 11.1 Å². The van der Waals surface area contributed by atoms with Gasteiger partial charge in [-0.1, -0.05) is 24.4 Å². The molecule has 6 heteroatoms. The Morgan fingerprint density at radius 2 is 2.12 bits per heavy atom. The van der Waals surface area contributed by atoms with E-state index in [4.69, 9.17) is 18.0 Å². The molecule has 1 atom stereocenters. The van der Waals surface area contributed by atoms with Crippen LogP contribution in [0.25, 0.3) is 0 Å². The molecule has 92 valence electrons. The Bertz CT molecular complexity index is 461. The van der Waals surface area contributed by atoms with Gasteiger partial charge in [-0.05, 0) is 12.1 Å². The number of nitrogens with two attached hydrogens (primary N) is 1. The average molecular weight is 270 g/mol. The van der Waals surface area contributed by atoms with Crippen LogP contribution in [0, 0.1) is 0 Å². The number of benzene rings is 1. The largest absolute Gasteiger partial charge is 0.389 e. The molecule has 17 heavy (non-hydrogen) atoms. The maximum atomic E-state index is 11.7. The molecule has 1 unspecified atom stereocenters. The van der Waals surface area contributed by atoms with Crippen molar-refractivity contribution in [3.05, 3.63) is 35.4 Å². The molecule has 0 saturated carbocycles. The Hall–Kier alpha value is -1.27. The molecule has 4 nitrogen and oxygen atoms in total. The number of carbonyl (C=O) groups excluding carboxylic acids is 1. The van der Waals surface area contributed by atoms with Crippen molar-refractivity contribution >= 4 is 33.9 Å². The second kappa shape index (κ2) is 6.46. The fraction of sp³-hybridized carbons (Fsp3) is 0.273. The summed E-state index contributed by atoms with van der Waals surface area (Å²) in [5.41, 5.74) is 6.64. The Labute approximate surface area is 108 Å². The van der Waals surface area contributed by atoms with Crippen molar-refractivity contribution in [1.82, 2.24) is 5.32 Å². The summed E-state index contributed by atoms with van der Waals surface area (Å²) in [5, 5.41) is 2.68. The molecule has 0 aromatic heterocycles. The van der Waals surface area contributed by atoms with E-state index in [-0.39, 0.29) is 10.9 Å². The molecular weight excluding hydrogens is 256 g/mol. The summed E-state index contributed by atoms with van der Waals surface area (Å²) in [7, 11) is -0.906. The van der Waals surface area contributed by atoms with Crippen molar-refractivity contribution < 1.29 is 9.00 Å². The third-order valence-corrected chi connectivity index (χ3v) is 3.10. The zero-order valence-electron chi connectivity index (χ0n) is 9.43. The zero-order chi connectivity index (χ0) is 12.8. The summed E-state index contributed by atoms with van der Waals surface area (Å²) in [6.45, 7) is 0.388. The van der Waals surface area contributed by atoms with E-state index in [9.17, 15) is 9.00 Å². The number of hydrogen-bond acceptors (Lipinski definition) is 3.